The molecule has 0 saturated heterocycles. The van der Waals surface area contributed by atoms with Crippen LogP contribution in [0, 0.1) is 11.3 Å². The van der Waals surface area contributed by atoms with Crippen LogP contribution in [0.1, 0.15) is 32.1 Å². The van der Waals surface area contributed by atoms with Gasteiger partial charge >= 0.3 is 0 Å². The monoisotopic (exact) mass is 374 g/mol. The summed E-state index contributed by atoms with van der Waals surface area (Å²) in [4.78, 5) is 14.4. The van der Waals surface area contributed by atoms with Gasteiger partial charge < -0.3 is 15.5 Å². The Balaban J connectivity index is 1.60. The molecule has 1 fully saturated rings. The second-order valence-electron chi connectivity index (χ2n) is 7.09. The molecule has 1 aliphatic rings. The molecule has 2 aromatic carbocycles. The van der Waals surface area contributed by atoms with Crippen LogP contribution in [-0.2, 0) is 4.79 Å². The number of benzene rings is 2. The highest BCUT2D eigenvalue weighted by Gasteiger charge is 2.24. The SMILES string of the molecule is CN(C(=O)/C(C#N)=C\Nc1ccc(Nc2ccccc2)cc1)C1CCCCC1. The van der Waals surface area contributed by atoms with Crippen molar-refractivity contribution in [1.29, 1.82) is 5.26 Å². The Bertz CT molecular complexity index is 846. The quantitative estimate of drug-likeness (QED) is 0.549. The van der Waals surface area contributed by atoms with Crippen LogP contribution in [0.3, 0.4) is 0 Å². The first-order chi connectivity index (χ1) is 13.7. The fourth-order valence-corrected chi connectivity index (χ4v) is 3.46. The summed E-state index contributed by atoms with van der Waals surface area (Å²) < 4.78 is 0. The Labute approximate surface area is 166 Å². The highest BCUT2D eigenvalue weighted by molar-refractivity contribution is 5.97. The molecule has 1 aliphatic carbocycles. The molecule has 0 aromatic heterocycles. The van der Waals surface area contributed by atoms with Crippen LogP contribution >= 0.6 is 0 Å². The first kappa shape index (κ1) is 19.5. The zero-order chi connectivity index (χ0) is 19.8. The van der Waals surface area contributed by atoms with E-state index in [0.717, 1.165) is 42.7 Å². The normalized spacial score (nSPS) is 14.8. The number of carbonyl (C=O) groups is 1. The molecule has 2 N–H and O–H groups in total. The summed E-state index contributed by atoms with van der Waals surface area (Å²) in [5.41, 5.74) is 2.93. The highest BCUT2D eigenvalue weighted by Crippen LogP contribution is 2.23. The molecule has 144 valence electrons. The van der Waals surface area contributed by atoms with Crippen molar-refractivity contribution < 1.29 is 4.79 Å². The predicted molar refractivity (Wildman–Crippen MR) is 113 cm³/mol. The molecule has 0 bridgehead atoms. The molecule has 5 nitrogen and oxygen atoms in total. The summed E-state index contributed by atoms with van der Waals surface area (Å²) in [6.45, 7) is 0. The zero-order valence-electron chi connectivity index (χ0n) is 16.2. The molecular formula is C23H26N4O. The standard InChI is InChI=1S/C23H26N4O/c1-27(22-10-6-3-7-11-22)23(28)18(16-24)17-25-19-12-14-21(15-13-19)26-20-8-4-2-5-9-20/h2,4-5,8-9,12-15,17,22,25-26H,3,6-7,10-11H2,1H3/b18-17-. The molecule has 0 aliphatic heterocycles. The van der Waals surface area contributed by atoms with E-state index in [9.17, 15) is 10.1 Å². The molecule has 0 heterocycles. The fourth-order valence-electron chi connectivity index (χ4n) is 3.46. The largest absolute Gasteiger partial charge is 0.360 e. The Kier molecular flexibility index (Phi) is 6.69. The van der Waals surface area contributed by atoms with Gasteiger partial charge in [-0.1, -0.05) is 37.5 Å². The Morgan fingerprint density at radius 2 is 1.61 bits per heavy atom. The lowest BCUT2D eigenvalue weighted by atomic mass is 9.94. The van der Waals surface area contributed by atoms with E-state index in [0.29, 0.717) is 0 Å². The summed E-state index contributed by atoms with van der Waals surface area (Å²) in [6, 6.07) is 19.9. The molecule has 5 heteroatoms. The molecule has 0 unspecified atom stereocenters. The Morgan fingerprint density at radius 1 is 1.00 bits per heavy atom. The maximum absolute atomic E-state index is 12.6. The van der Waals surface area contributed by atoms with E-state index in [4.69, 9.17) is 0 Å². The lowest BCUT2D eigenvalue weighted by Crippen LogP contribution is -2.39. The van der Waals surface area contributed by atoms with Crippen molar-refractivity contribution in [2.24, 2.45) is 0 Å². The fraction of sp³-hybridized carbons (Fsp3) is 0.304. The minimum Gasteiger partial charge on any atom is -0.360 e. The van der Waals surface area contributed by atoms with Crippen LogP contribution in [-0.4, -0.2) is 23.9 Å². The average Bonchev–Trinajstić information content (AvgIpc) is 2.76. The van der Waals surface area contributed by atoms with E-state index in [1.54, 1.807) is 11.9 Å². The van der Waals surface area contributed by atoms with Crippen molar-refractivity contribution in [3.63, 3.8) is 0 Å². The van der Waals surface area contributed by atoms with E-state index in [1.165, 1.54) is 12.6 Å². The third-order valence-corrected chi connectivity index (χ3v) is 5.12. The van der Waals surface area contributed by atoms with Gasteiger partial charge in [0.25, 0.3) is 5.91 Å². The summed E-state index contributed by atoms with van der Waals surface area (Å²) in [5, 5.41) is 15.8. The van der Waals surface area contributed by atoms with Gasteiger partial charge in [-0.15, -0.1) is 0 Å². The number of hydrogen-bond acceptors (Lipinski definition) is 4. The van der Waals surface area contributed by atoms with Gasteiger partial charge in [0.2, 0.25) is 0 Å². The first-order valence-electron chi connectivity index (χ1n) is 9.73. The van der Waals surface area contributed by atoms with Crippen molar-refractivity contribution in [1.82, 2.24) is 4.90 Å². The van der Waals surface area contributed by atoms with Gasteiger partial charge in [-0.05, 0) is 49.2 Å². The highest BCUT2D eigenvalue weighted by atomic mass is 16.2. The maximum atomic E-state index is 12.6. The van der Waals surface area contributed by atoms with E-state index >= 15 is 0 Å². The maximum Gasteiger partial charge on any atom is 0.266 e. The minimum atomic E-state index is -0.218. The second-order valence-corrected chi connectivity index (χ2v) is 7.09. The minimum absolute atomic E-state index is 0.125. The van der Waals surface area contributed by atoms with E-state index in [1.807, 2.05) is 60.7 Å². The number of amides is 1. The molecule has 1 amide bonds. The van der Waals surface area contributed by atoms with Crippen molar-refractivity contribution in [3.8, 4) is 6.07 Å². The lowest BCUT2D eigenvalue weighted by molar-refractivity contribution is -0.128. The summed E-state index contributed by atoms with van der Waals surface area (Å²) in [5.74, 6) is -0.218. The van der Waals surface area contributed by atoms with Gasteiger partial charge in [0.05, 0.1) is 0 Å². The molecule has 1 saturated carbocycles. The third kappa shape index (κ3) is 5.14. The number of carbonyl (C=O) groups excluding carboxylic acids is 1. The number of nitrogens with one attached hydrogen (secondary N) is 2. The number of para-hydroxylation sites is 1. The first-order valence-corrected chi connectivity index (χ1v) is 9.73. The number of nitrogens with zero attached hydrogens (tertiary/aromatic N) is 2. The molecule has 28 heavy (non-hydrogen) atoms. The summed E-state index contributed by atoms with van der Waals surface area (Å²) in [6.07, 6.45) is 7.07. The second kappa shape index (κ2) is 9.61. The van der Waals surface area contributed by atoms with Crippen LogP contribution in [0.25, 0.3) is 0 Å². The number of nitriles is 1. The Morgan fingerprint density at radius 3 is 2.25 bits per heavy atom. The molecule has 2 aromatic rings. The van der Waals surface area contributed by atoms with Crippen LogP contribution in [0.5, 0.6) is 0 Å². The summed E-state index contributed by atoms with van der Waals surface area (Å²) >= 11 is 0. The van der Waals surface area contributed by atoms with Crippen LogP contribution < -0.4 is 10.6 Å². The van der Waals surface area contributed by atoms with Gasteiger partial charge in [0.15, 0.2) is 0 Å². The van der Waals surface area contributed by atoms with Gasteiger partial charge in [0.1, 0.15) is 11.6 Å². The van der Waals surface area contributed by atoms with Crippen molar-refractivity contribution >= 4 is 23.0 Å². The van der Waals surface area contributed by atoms with Gasteiger partial charge in [-0.25, -0.2) is 0 Å². The number of rotatable bonds is 6. The van der Waals surface area contributed by atoms with Gasteiger partial charge in [-0.2, -0.15) is 5.26 Å². The molecule has 0 radical (unpaired) electrons. The molecule has 3 rings (SSSR count). The van der Waals surface area contributed by atoms with Crippen LogP contribution in [0.15, 0.2) is 66.4 Å². The molecular weight excluding hydrogens is 348 g/mol. The van der Waals surface area contributed by atoms with E-state index in [2.05, 4.69) is 10.6 Å². The van der Waals surface area contributed by atoms with Crippen molar-refractivity contribution in [3.05, 3.63) is 66.4 Å². The van der Waals surface area contributed by atoms with Gasteiger partial charge in [0, 0.05) is 36.4 Å². The molecule has 0 spiro atoms. The number of hydrogen-bond donors (Lipinski definition) is 2. The predicted octanol–water partition coefficient (Wildman–Crippen LogP) is 5.04. The summed E-state index contributed by atoms with van der Waals surface area (Å²) in [7, 11) is 1.80. The number of likely N-dealkylation sites (N-methyl/N-ethyl adjacent to an activating group) is 1. The van der Waals surface area contributed by atoms with Crippen LogP contribution in [0.2, 0.25) is 0 Å². The zero-order valence-corrected chi connectivity index (χ0v) is 16.2. The number of anilines is 3. The topological polar surface area (TPSA) is 68.2 Å². The van der Waals surface area contributed by atoms with Gasteiger partial charge in [-0.3, -0.25) is 4.79 Å². The van der Waals surface area contributed by atoms with Crippen LogP contribution in [0.4, 0.5) is 17.1 Å². The molecule has 0 atom stereocenters. The average molecular weight is 374 g/mol. The van der Waals surface area contributed by atoms with E-state index < -0.39 is 0 Å². The van der Waals surface area contributed by atoms with Crippen molar-refractivity contribution in [2.45, 2.75) is 38.1 Å². The smallest absolute Gasteiger partial charge is 0.266 e. The van der Waals surface area contributed by atoms with E-state index in [-0.39, 0.29) is 17.5 Å². The Hall–Kier alpha value is -3.26. The van der Waals surface area contributed by atoms with Crippen molar-refractivity contribution in [2.75, 3.05) is 17.7 Å². The lowest BCUT2D eigenvalue weighted by Gasteiger charge is -2.31. The third-order valence-electron chi connectivity index (χ3n) is 5.12.